The van der Waals surface area contributed by atoms with Crippen LogP contribution in [0.1, 0.15) is 25.7 Å². The van der Waals surface area contributed by atoms with Gasteiger partial charge < -0.3 is 14.8 Å². The van der Waals surface area contributed by atoms with Crippen LogP contribution in [-0.4, -0.2) is 46.5 Å². The Labute approximate surface area is 109 Å². The van der Waals surface area contributed by atoms with Gasteiger partial charge in [0.2, 0.25) is 5.96 Å². The number of hydrazine groups is 1. The number of methoxy groups -OCH3 is 2. The summed E-state index contributed by atoms with van der Waals surface area (Å²) in [6, 6.07) is 0. The summed E-state index contributed by atoms with van der Waals surface area (Å²) in [5, 5.41) is 3.16. The van der Waals surface area contributed by atoms with Crippen LogP contribution in [0, 0.1) is 5.41 Å². The molecule has 0 saturated heterocycles. The Bertz CT molecular complexity index is 254. The third kappa shape index (κ3) is 5.66. The van der Waals surface area contributed by atoms with Crippen molar-refractivity contribution in [2.45, 2.75) is 25.7 Å². The van der Waals surface area contributed by atoms with E-state index in [9.17, 15) is 0 Å². The fraction of sp³-hybridized carbons (Fsp3) is 0.917. The van der Waals surface area contributed by atoms with Crippen LogP contribution in [-0.2, 0) is 9.47 Å². The topological polar surface area (TPSA) is 80.9 Å². The molecular formula is C12H26N4O2. The highest BCUT2D eigenvalue weighted by Crippen LogP contribution is 2.48. The Hall–Kier alpha value is -0.850. The van der Waals surface area contributed by atoms with Gasteiger partial charge in [-0.1, -0.05) is 0 Å². The van der Waals surface area contributed by atoms with Crippen molar-refractivity contribution in [1.82, 2.24) is 10.7 Å². The largest absolute Gasteiger partial charge is 0.385 e. The second-order valence-corrected chi connectivity index (χ2v) is 4.83. The maximum atomic E-state index is 5.44. The van der Waals surface area contributed by atoms with Crippen molar-refractivity contribution in [3.8, 4) is 0 Å². The third-order valence-electron chi connectivity index (χ3n) is 3.32. The summed E-state index contributed by atoms with van der Waals surface area (Å²) in [5.74, 6) is 6.10. The molecule has 1 aliphatic carbocycles. The minimum atomic E-state index is 0.353. The fourth-order valence-corrected chi connectivity index (χ4v) is 1.81. The van der Waals surface area contributed by atoms with E-state index in [1.807, 2.05) is 0 Å². The van der Waals surface area contributed by atoms with E-state index < -0.39 is 0 Å². The Morgan fingerprint density at radius 1 is 1.28 bits per heavy atom. The molecule has 0 amide bonds. The maximum Gasteiger partial charge on any atom is 0.205 e. The fourth-order valence-electron chi connectivity index (χ4n) is 1.81. The lowest BCUT2D eigenvalue weighted by Crippen LogP contribution is -2.42. The van der Waals surface area contributed by atoms with Gasteiger partial charge in [0.15, 0.2) is 0 Å². The molecule has 18 heavy (non-hydrogen) atoms. The van der Waals surface area contributed by atoms with E-state index in [0.29, 0.717) is 11.4 Å². The molecule has 0 spiro atoms. The van der Waals surface area contributed by atoms with Crippen molar-refractivity contribution in [3.05, 3.63) is 0 Å². The van der Waals surface area contributed by atoms with Crippen LogP contribution in [0.15, 0.2) is 4.99 Å². The molecule has 106 valence electrons. The minimum Gasteiger partial charge on any atom is -0.385 e. The van der Waals surface area contributed by atoms with Gasteiger partial charge in [-0.05, 0) is 31.1 Å². The molecule has 0 aromatic carbocycles. The number of aliphatic imine (C=N–C) groups is 1. The third-order valence-corrected chi connectivity index (χ3v) is 3.32. The molecule has 0 unspecified atom stereocenters. The SMILES string of the molecule is COCCCNC(=NCC1(CCOC)CC1)NN. The molecule has 1 aliphatic rings. The average Bonchev–Trinajstić information content (AvgIpc) is 3.16. The van der Waals surface area contributed by atoms with Gasteiger partial charge in [-0.15, -0.1) is 0 Å². The van der Waals surface area contributed by atoms with Crippen molar-refractivity contribution in [3.63, 3.8) is 0 Å². The van der Waals surface area contributed by atoms with Gasteiger partial charge in [-0.3, -0.25) is 10.4 Å². The van der Waals surface area contributed by atoms with Crippen LogP contribution >= 0.6 is 0 Å². The monoisotopic (exact) mass is 258 g/mol. The molecular weight excluding hydrogens is 232 g/mol. The molecule has 0 aromatic rings. The van der Waals surface area contributed by atoms with Crippen LogP contribution in [0.5, 0.6) is 0 Å². The molecule has 0 aromatic heterocycles. The second-order valence-electron chi connectivity index (χ2n) is 4.83. The van der Waals surface area contributed by atoms with Crippen molar-refractivity contribution < 1.29 is 9.47 Å². The number of nitrogens with zero attached hydrogens (tertiary/aromatic N) is 1. The van der Waals surface area contributed by atoms with E-state index in [1.54, 1.807) is 14.2 Å². The normalized spacial score (nSPS) is 17.6. The summed E-state index contributed by atoms with van der Waals surface area (Å²) in [5.41, 5.74) is 2.96. The first-order valence-electron chi connectivity index (χ1n) is 6.49. The highest BCUT2D eigenvalue weighted by atomic mass is 16.5. The predicted molar refractivity (Wildman–Crippen MR) is 72.3 cm³/mol. The summed E-state index contributed by atoms with van der Waals surface area (Å²) >= 11 is 0. The van der Waals surface area contributed by atoms with Gasteiger partial charge in [0.05, 0.1) is 0 Å². The Balaban J connectivity index is 2.24. The summed E-state index contributed by atoms with van der Waals surface area (Å²) in [4.78, 5) is 4.50. The highest BCUT2D eigenvalue weighted by Gasteiger charge is 2.41. The van der Waals surface area contributed by atoms with Crippen LogP contribution in [0.4, 0.5) is 0 Å². The van der Waals surface area contributed by atoms with Crippen LogP contribution in [0.2, 0.25) is 0 Å². The van der Waals surface area contributed by atoms with E-state index in [1.165, 1.54) is 12.8 Å². The Kier molecular flexibility index (Phi) is 7.00. The van der Waals surface area contributed by atoms with Crippen molar-refractivity contribution in [2.75, 3.05) is 40.5 Å². The lowest BCUT2D eigenvalue weighted by Gasteiger charge is -2.14. The van der Waals surface area contributed by atoms with Gasteiger partial charge >= 0.3 is 0 Å². The summed E-state index contributed by atoms with van der Waals surface area (Å²) in [6.07, 6.45) is 4.49. The zero-order valence-electron chi connectivity index (χ0n) is 11.5. The van der Waals surface area contributed by atoms with E-state index in [0.717, 1.165) is 39.1 Å². The van der Waals surface area contributed by atoms with Gasteiger partial charge in [-0.2, -0.15) is 0 Å². The maximum absolute atomic E-state index is 5.44. The first-order valence-corrected chi connectivity index (χ1v) is 6.49. The van der Waals surface area contributed by atoms with Crippen molar-refractivity contribution in [1.29, 1.82) is 0 Å². The summed E-state index contributed by atoms with van der Waals surface area (Å²) in [7, 11) is 3.44. The van der Waals surface area contributed by atoms with Gasteiger partial charge in [0, 0.05) is 40.5 Å². The highest BCUT2D eigenvalue weighted by molar-refractivity contribution is 5.79. The Morgan fingerprint density at radius 3 is 2.56 bits per heavy atom. The first kappa shape index (κ1) is 15.2. The molecule has 4 N–H and O–H groups in total. The van der Waals surface area contributed by atoms with Crippen molar-refractivity contribution in [2.24, 2.45) is 16.3 Å². The van der Waals surface area contributed by atoms with E-state index >= 15 is 0 Å². The minimum absolute atomic E-state index is 0.353. The number of nitrogens with one attached hydrogen (secondary N) is 2. The van der Waals surface area contributed by atoms with E-state index in [-0.39, 0.29) is 0 Å². The van der Waals surface area contributed by atoms with Crippen molar-refractivity contribution >= 4 is 5.96 Å². The first-order chi connectivity index (χ1) is 8.76. The number of hydrogen-bond donors (Lipinski definition) is 3. The molecule has 0 aliphatic heterocycles. The molecule has 1 saturated carbocycles. The van der Waals surface area contributed by atoms with Gasteiger partial charge in [-0.25, -0.2) is 5.84 Å². The van der Waals surface area contributed by atoms with Crippen LogP contribution in [0.3, 0.4) is 0 Å². The van der Waals surface area contributed by atoms with Gasteiger partial charge in [0.1, 0.15) is 0 Å². The molecule has 6 heteroatoms. The number of hydrogen-bond acceptors (Lipinski definition) is 4. The molecule has 0 radical (unpaired) electrons. The lowest BCUT2D eigenvalue weighted by molar-refractivity contribution is 0.174. The molecule has 0 heterocycles. The summed E-state index contributed by atoms with van der Waals surface area (Å²) < 4.78 is 10.1. The number of guanidine groups is 1. The second kappa shape index (κ2) is 8.29. The molecule has 0 bridgehead atoms. The lowest BCUT2D eigenvalue weighted by atomic mass is 10.0. The standard InChI is InChI=1S/C12H26N4O2/c1-17-8-3-7-14-11(16-13)15-10-12(4-5-12)6-9-18-2/h3-10,13H2,1-2H3,(H2,14,15,16). The molecule has 1 fully saturated rings. The molecule has 0 atom stereocenters. The van der Waals surface area contributed by atoms with E-state index in [4.69, 9.17) is 15.3 Å². The predicted octanol–water partition coefficient (Wildman–Crippen LogP) is 0.249. The van der Waals surface area contributed by atoms with Gasteiger partial charge in [0.25, 0.3) is 0 Å². The van der Waals surface area contributed by atoms with E-state index in [2.05, 4.69) is 15.7 Å². The average molecular weight is 258 g/mol. The zero-order chi connectivity index (χ0) is 13.3. The molecule has 6 nitrogen and oxygen atoms in total. The summed E-state index contributed by atoms with van der Waals surface area (Å²) in [6.45, 7) is 3.17. The van der Waals surface area contributed by atoms with Crippen LogP contribution in [0.25, 0.3) is 0 Å². The molecule has 1 rings (SSSR count). The quantitative estimate of drug-likeness (QED) is 0.182. The Morgan fingerprint density at radius 2 is 2.00 bits per heavy atom. The number of ether oxygens (including phenoxy) is 2. The smallest absolute Gasteiger partial charge is 0.205 e. The van der Waals surface area contributed by atoms with Crippen LogP contribution < -0.4 is 16.6 Å². The zero-order valence-corrected chi connectivity index (χ0v) is 11.5. The number of nitrogens with two attached hydrogens (primary N) is 1. The number of rotatable bonds is 9.